The average Bonchev–Trinajstić information content (AvgIpc) is 2.87. The van der Waals surface area contributed by atoms with Gasteiger partial charge >= 0.3 is 0 Å². The summed E-state index contributed by atoms with van der Waals surface area (Å²) in [4.78, 5) is 12.9. The van der Waals surface area contributed by atoms with Crippen LogP contribution in [0.1, 0.15) is 29.0 Å². The summed E-state index contributed by atoms with van der Waals surface area (Å²) in [7, 11) is 1.66. The number of thiophene rings is 1. The standard InChI is InChI=1S/C16H20N2OS/c1-11-8-9-20-16(11)12(2)18-14-7-5-4-6-13(14)10-15(19)17-3/h4-9,12,18H,10H2,1-3H3,(H,17,19). The van der Waals surface area contributed by atoms with Crippen molar-refractivity contribution in [2.45, 2.75) is 26.3 Å². The molecular weight excluding hydrogens is 268 g/mol. The van der Waals surface area contributed by atoms with E-state index in [-0.39, 0.29) is 11.9 Å². The minimum Gasteiger partial charge on any atom is -0.377 e. The molecule has 0 saturated heterocycles. The first-order valence-corrected chi connectivity index (χ1v) is 7.58. The Morgan fingerprint density at radius 3 is 2.70 bits per heavy atom. The van der Waals surface area contributed by atoms with Crippen LogP contribution in [0.15, 0.2) is 35.7 Å². The van der Waals surface area contributed by atoms with E-state index in [1.165, 1.54) is 10.4 Å². The molecule has 2 rings (SSSR count). The van der Waals surface area contributed by atoms with Gasteiger partial charge in [-0.15, -0.1) is 11.3 Å². The number of carbonyl (C=O) groups is 1. The molecule has 1 aromatic carbocycles. The maximum absolute atomic E-state index is 11.6. The van der Waals surface area contributed by atoms with Gasteiger partial charge in [0.05, 0.1) is 12.5 Å². The predicted octanol–water partition coefficient (Wildman–Crippen LogP) is 3.52. The maximum atomic E-state index is 11.6. The Hall–Kier alpha value is -1.81. The van der Waals surface area contributed by atoms with Crippen molar-refractivity contribution < 1.29 is 4.79 Å². The van der Waals surface area contributed by atoms with E-state index in [9.17, 15) is 4.79 Å². The molecule has 2 N–H and O–H groups in total. The molecule has 1 aromatic heterocycles. The van der Waals surface area contributed by atoms with Crippen molar-refractivity contribution in [1.29, 1.82) is 0 Å². The fourth-order valence-electron chi connectivity index (χ4n) is 2.20. The first kappa shape index (κ1) is 14.6. The number of benzene rings is 1. The van der Waals surface area contributed by atoms with Crippen LogP contribution in [0.5, 0.6) is 0 Å². The lowest BCUT2D eigenvalue weighted by atomic mass is 10.1. The second-order valence-electron chi connectivity index (χ2n) is 4.84. The van der Waals surface area contributed by atoms with Crippen molar-refractivity contribution >= 4 is 22.9 Å². The summed E-state index contributed by atoms with van der Waals surface area (Å²) >= 11 is 1.76. The van der Waals surface area contributed by atoms with Crippen LogP contribution in [0.4, 0.5) is 5.69 Å². The molecule has 106 valence electrons. The fraction of sp³-hybridized carbons (Fsp3) is 0.312. The molecule has 2 aromatic rings. The zero-order valence-electron chi connectivity index (χ0n) is 12.1. The summed E-state index contributed by atoms with van der Waals surface area (Å²) in [5.41, 5.74) is 3.35. The van der Waals surface area contributed by atoms with Crippen molar-refractivity contribution in [2.24, 2.45) is 0 Å². The Bertz CT molecular complexity index is 592. The molecular formula is C16H20N2OS. The van der Waals surface area contributed by atoms with Crippen LogP contribution in [0.2, 0.25) is 0 Å². The van der Waals surface area contributed by atoms with Gasteiger partial charge in [0.1, 0.15) is 0 Å². The number of likely N-dealkylation sites (N-methyl/N-ethyl adjacent to an activating group) is 1. The molecule has 20 heavy (non-hydrogen) atoms. The van der Waals surface area contributed by atoms with Crippen molar-refractivity contribution in [3.63, 3.8) is 0 Å². The number of nitrogens with one attached hydrogen (secondary N) is 2. The third-order valence-electron chi connectivity index (χ3n) is 3.31. The Labute approximate surface area is 124 Å². The van der Waals surface area contributed by atoms with Gasteiger partial charge in [-0.25, -0.2) is 0 Å². The summed E-state index contributed by atoms with van der Waals surface area (Å²) in [6.07, 6.45) is 0.399. The molecule has 0 saturated carbocycles. The smallest absolute Gasteiger partial charge is 0.224 e. The van der Waals surface area contributed by atoms with Crippen LogP contribution in [0.25, 0.3) is 0 Å². The molecule has 0 aliphatic carbocycles. The second kappa shape index (κ2) is 6.57. The lowest BCUT2D eigenvalue weighted by Crippen LogP contribution is -2.20. The number of amides is 1. The second-order valence-corrected chi connectivity index (χ2v) is 5.79. The number of hydrogen-bond acceptors (Lipinski definition) is 3. The van der Waals surface area contributed by atoms with Gasteiger partial charge in [0.25, 0.3) is 0 Å². The van der Waals surface area contributed by atoms with Gasteiger partial charge in [0, 0.05) is 17.6 Å². The normalized spacial score (nSPS) is 11.9. The molecule has 1 heterocycles. The molecule has 1 amide bonds. The maximum Gasteiger partial charge on any atom is 0.224 e. The monoisotopic (exact) mass is 288 g/mol. The summed E-state index contributed by atoms with van der Waals surface area (Å²) in [5, 5.41) is 8.29. The van der Waals surface area contributed by atoms with Crippen molar-refractivity contribution in [3.05, 3.63) is 51.7 Å². The van der Waals surface area contributed by atoms with Crippen molar-refractivity contribution in [2.75, 3.05) is 12.4 Å². The number of hydrogen-bond donors (Lipinski definition) is 2. The quantitative estimate of drug-likeness (QED) is 0.884. The summed E-state index contributed by atoms with van der Waals surface area (Å²) in [6.45, 7) is 4.27. The van der Waals surface area contributed by atoms with E-state index < -0.39 is 0 Å². The minimum absolute atomic E-state index is 0.0270. The van der Waals surface area contributed by atoms with E-state index in [0.717, 1.165) is 11.3 Å². The number of rotatable bonds is 5. The number of para-hydroxylation sites is 1. The summed E-state index contributed by atoms with van der Waals surface area (Å²) < 4.78 is 0. The highest BCUT2D eigenvalue weighted by molar-refractivity contribution is 7.10. The molecule has 3 nitrogen and oxygen atoms in total. The number of carbonyl (C=O) groups excluding carboxylic acids is 1. The third-order valence-corrected chi connectivity index (χ3v) is 4.52. The molecule has 4 heteroatoms. The van der Waals surface area contributed by atoms with Crippen LogP contribution in [0, 0.1) is 6.92 Å². The molecule has 0 bridgehead atoms. The van der Waals surface area contributed by atoms with Gasteiger partial charge in [-0.05, 0) is 42.5 Å². The van der Waals surface area contributed by atoms with E-state index in [1.807, 2.05) is 24.3 Å². The number of anilines is 1. The lowest BCUT2D eigenvalue weighted by Gasteiger charge is -2.18. The fourth-order valence-corrected chi connectivity index (χ4v) is 3.14. The molecule has 0 aliphatic rings. The van der Waals surface area contributed by atoms with E-state index in [0.29, 0.717) is 6.42 Å². The van der Waals surface area contributed by atoms with Crippen molar-refractivity contribution in [1.82, 2.24) is 5.32 Å². The number of aryl methyl sites for hydroxylation is 1. The molecule has 1 unspecified atom stereocenters. The highest BCUT2D eigenvalue weighted by Crippen LogP contribution is 2.28. The van der Waals surface area contributed by atoms with Crippen LogP contribution in [-0.4, -0.2) is 13.0 Å². The molecule has 0 aliphatic heterocycles. The van der Waals surface area contributed by atoms with E-state index in [1.54, 1.807) is 18.4 Å². The van der Waals surface area contributed by atoms with Gasteiger partial charge in [-0.3, -0.25) is 4.79 Å². The zero-order chi connectivity index (χ0) is 14.5. The Morgan fingerprint density at radius 1 is 1.30 bits per heavy atom. The van der Waals surface area contributed by atoms with Gasteiger partial charge in [0.2, 0.25) is 5.91 Å². The van der Waals surface area contributed by atoms with E-state index >= 15 is 0 Å². The van der Waals surface area contributed by atoms with Crippen LogP contribution in [-0.2, 0) is 11.2 Å². The largest absolute Gasteiger partial charge is 0.377 e. The molecule has 0 radical (unpaired) electrons. The van der Waals surface area contributed by atoms with Crippen molar-refractivity contribution in [3.8, 4) is 0 Å². The first-order valence-electron chi connectivity index (χ1n) is 6.71. The Balaban J connectivity index is 2.17. The Kier molecular flexibility index (Phi) is 4.79. The summed E-state index contributed by atoms with van der Waals surface area (Å²) in [5.74, 6) is 0.0270. The van der Waals surface area contributed by atoms with E-state index in [4.69, 9.17) is 0 Å². The SMILES string of the molecule is CNC(=O)Cc1ccccc1NC(C)c1sccc1C. The van der Waals surface area contributed by atoms with Gasteiger partial charge < -0.3 is 10.6 Å². The lowest BCUT2D eigenvalue weighted by molar-refractivity contribution is -0.119. The predicted molar refractivity (Wildman–Crippen MR) is 85.3 cm³/mol. The third kappa shape index (κ3) is 3.39. The van der Waals surface area contributed by atoms with E-state index in [2.05, 4.69) is 35.9 Å². The molecule has 0 spiro atoms. The van der Waals surface area contributed by atoms with Crippen LogP contribution in [0.3, 0.4) is 0 Å². The van der Waals surface area contributed by atoms with Crippen LogP contribution < -0.4 is 10.6 Å². The van der Waals surface area contributed by atoms with Gasteiger partial charge in [-0.1, -0.05) is 18.2 Å². The molecule has 0 fully saturated rings. The minimum atomic E-state index is 0.0270. The van der Waals surface area contributed by atoms with Gasteiger partial charge in [0.15, 0.2) is 0 Å². The zero-order valence-corrected chi connectivity index (χ0v) is 12.9. The highest BCUT2D eigenvalue weighted by Gasteiger charge is 2.12. The van der Waals surface area contributed by atoms with Gasteiger partial charge in [-0.2, -0.15) is 0 Å². The molecule has 1 atom stereocenters. The van der Waals surface area contributed by atoms with Crippen LogP contribution >= 0.6 is 11.3 Å². The Morgan fingerprint density at radius 2 is 2.05 bits per heavy atom. The first-order chi connectivity index (χ1) is 9.61. The highest BCUT2D eigenvalue weighted by atomic mass is 32.1. The average molecular weight is 288 g/mol. The summed E-state index contributed by atoms with van der Waals surface area (Å²) in [6, 6.07) is 10.3. The topological polar surface area (TPSA) is 41.1 Å².